The van der Waals surface area contributed by atoms with E-state index in [4.69, 9.17) is 0 Å². The molecule has 0 aliphatic carbocycles. The van der Waals surface area contributed by atoms with Crippen molar-refractivity contribution in [1.82, 2.24) is 0 Å². The summed E-state index contributed by atoms with van der Waals surface area (Å²) in [5.41, 5.74) is 1.01. The fraction of sp³-hybridized carbons (Fsp3) is 0.571. The van der Waals surface area contributed by atoms with Crippen LogP contribution in [0.2, 0.25) is 0 Å². The van der Waals surface area contributed by atoms with Crippen LogP contribution in [0.15, 0.2) is 16.6 Å². The molecule has 0 aromatic carbocycles. The molecule has 0 saturated carbocycles. The molecule has 4 heteroatoms. The predicted molar refractivity (Wildman–Crippen MR) is 37.7 cm³/mol. The van der Waals surface area contributed by atoms with Gasteiger partial charge in [-0.15, -0.1) is 0 Å². The Labute approximate surface area is 63.6 Å². The molecule has 1 aliphatic rings. The van der Waals surface area contributed by atoms with E-state index in [-0.39, 0.29) is 0 Å². The molecule has 11 heavy (non-hydrogen) atoms. The van der Waals surface area contributed by atoms with E-state index in [0.29, 0.717) is 6.42 Å². The summed E-state index contributed by atoms with van der Waals surface area (Å²) in [4.78, 5) is 3.72. The Morgan fingerprint density at radius 3 is 3.00 bits per heavy atom. The van der Waals surface area contributed by atoms with Crippen LogP contribution >= 0.6 is 0 Å². The van der Waals surface area contributed by atoms with E-state index in [9.17, 15) is 8.78 Å². The largest absolute Gasteiger partial charge is 0.347 e. The van der Waals surface area contributed by atoms with Crippen LogP contribution in [0, 0.1) is 0 Å². The van der Waals surface area contributed by atoms with Crippen molar-refractivity contribution in [2.45, 2.75) is 26.2 Å². The average Bonchev–Trinajstić information content (AvgIpc) is 1.85. The number of rotatable bonds is 2. The molecule has 0 N–H and O–H groups in total. The molecule has 0 bridgehead atoms. The van der Waals surface area contributed by atoms with Gasteiger partial charge < -0.3 is 0 Å². The lowest BCUT2D eigenvalue weighted by molar-refractivity contribution is -0.159. The van der Waals surface area contributed by atoms with Crippen molar-refractivity contribution in [3.63, 3.8) is 0 Å². The second-order valence-electron chi connectivity index (χ2n) is 2.37. The molecule has 0 spiro atoms. The van der Waals surface area contributed by atoms with Gasteiger partial charge in [0.25, 0.3) is 0 Å². The van der Waals surface area contributed by atoms with Crippen LogP contribution in [0.4, 0.5) is 8.78 Å². The van der Waals surface area contributed by atoms with Crippen molar-refractivity contribution >= 4 is 6.21 Å². The molecule has 0 amide bonds. The average molecular weight is 161 g/mol. The molecule has 1 unspecified atom stereocenters. The summed E-state index contributed by atoms with van der Waals surface area (Å²) in [7, 11) is 0. The third-order valence-corrected chi connectivity index (χ3v) is 1.37. The Bertz CT molecular complexity index is 189. The van der Waals surface area contributed by atoms with E-state index in [1.807, 2.05) is 6.92 Å². The van der Waals surface area contributed by atoms with Crippen LogP contribution in [0.5, 0.6) is 0 Å². The van der Waals surface area contributed by atoms with Gasteiger partial charge in [-0.25, -0.2) is 0 Å². The van der Waals surface area contributed by atoms with Crippen LogP contribution in [0.1, 0.15) is 13.3 Å². The Morgan fingerprint density at radius 2 is 2.45 bits per heavy atom. The van der Waals surface area contributed by atoms with Crippen LogP contribution < -0.4 is 0 Å². The topological polar surface area (TPSA) is 21.6 Å². The van der Waals surface area contributed by atoms with Gasteiger partial charge in [0.15, 0.2) is 6.23 Å². The smallest absolute Gasteiger partial charge is 0.297 e. The van der Waals surface area contributed by atoms with E-state index >= 15 is 0 Å². The lowest BCUT2D eigenvalue weighted by atomic mass is 10.1. The highest BCUT2D eigenvalue weighted by Crippen LogP contribution is 2.14. The summed E-state index contributed by atoms with van der Waals surface area (Å²) in [6.45, 7) is -0.879. The van der Waals surface area contributed by atoms with Gasteiger partial charge in [0.2, 0.25) is 0 Å². The lowest BCUT2D eigenvalue weighted by Gasteiger charge is -2.15. The van der Waals surface area contributed by atoms with Crippen LogP contribution in [-0.4, -0.2) is 19.1 Å². The molecule has 2 nitrogen and oxygen atoms in total. The lowest BCUT2D eigenvalue weighted by Crippen LogP contribution is -2.16. The Morgan fingerprint density at radius 1 is 1.73 bits per heavy atom. The second-order valence-corrected chi connectivity index (χ2v) is 2.37. The number of nitrogens with zero attached hydrogens (tertiary/aromatic N) is 1. The fourth-order valence-corrected chi connectivity index (χ4v) is 0.864. The SMILES string of the molecule is CC1=CC=NC(OC(F)F)C1. The van der Waals surface area contributed by atoms with Crippen molar-refractivity contribution in [2.75, 3.05) is 0 Å². The molecular formula is C7H9F2NO. The number of hydrogen-bond donors (Lipinski definition) is 0. The van der Waals surface area contributed by atoms with Gasteiger partial charge in [-0.2, -0.15) is 8.78 Å². The molecule has 1 atom stereocenters. The zero-order valence-electron chi connectivity index (χ0n) is 6.13. The number of allylic oxidation sites excluding steroid dienone is 1. The fourth-order valence-electron chi connectivity index (χ4n) is 0.864. The molecule has 1 aliphatic heterocycles. The minimum atomic E-state index is -2.73. The molecule has 1 heterocycles. The maximum Gasteiger partial charge on any atom is 0.347 e. The van der Waals surface area contributed by atoms with E-state index in [2.05, 4.69) is 9.73 Å². The highest BCUT2D eigenvalue weighted by Gasteiger charge is 2.14. The van der Waals surface area contributed by atoms with Gasteiger partial charge in [-0.1, -0.05) is 5.57 Å². The first-order chi connectivity index (χ1) is 5.18. The van der Waals surface area contributed by atoms with Crippen molar-refractivity contribution in [1.29, 1.82) is 0 Å². The molecular weight excluding hydrogens is 152 g/mol. The first-order valence-corrected chi connectivity index (χ1v) is 3.31. The van der Waals surface area contributed by atoms with Crippen LogP contribution in [-0.2, 0) is 4.74 Å². The highest BCUT2D eigenvalue weighted by molar-refractivity contribution is 5.73. The van der Waals surface area contributed by atoms with Gasteiger partial charge in [0, 0.05) is 12.6 Å². The first kappa shape index (κ1) is 8.33. The summed E-state index contributed by atoms with van der Waals surface area (Å²) in [5.74, 6) is 0. The van der Waals surface area contributed by atoms with Crippen molar-refractivity contribution in [2.24, 2.45) is 4.99 Å². The summed E-state index contributed by atoms with van der Waals surface area (Å²) in [5, 5.41) is 0. The van der Waals surface area contributed by atoms with Gasteiger partial charge in [-0.3, -0.25) is 9.73 Å². The number of hydrogen-bond acceptors (Lipinski definition) is 2. The highest BCUT2D eigenvalue weighted by atomic mass is 19.3. The maximum atomic E-state index is 11.6. The molecule has 0 aromatic heterocycles. The third-order valence-electron chi connectivity index (χ3n) is 1.37. The standard InChI is InChI=1S/C7H9F2NO/c1-5-2-3-10-6(4-5)11-7(8)9/h2-3,6-7H,4H2,1H3. The second kappa shape index (κ2) is 3.57. The number of alkyl halides is 2. The molecule has 1 rings (SSSR count). The normalized spacial score (nSPS) is 24.0. The van der Waals surface area contributed by atoms with Gasteiger partial charge in [0.1, 0.15) is 0 Å². The number of ether oxygens (including phenoxy) is 1. The van der Waals surface area contributed by atoms with Crippen molar-refractivity contribution in [3.05, 3.63) is 11.6 Å². The maximum absolute atomic E-state index is 11.6. The van der Waals surface area contributed by atoms with Crippen molar-refractivity contribution in [3.8, 4) is 0 Å². The van der Waals surface area contributed by atoms with Crippen molar-refractivity contribution < 1.29 is 13.5 Å². The Hall–Kier alpha value is -0.770. The summed E-state index contributed by atoms with van der Waals surface area (Å²) in [6, 6.07) is 0. The Kier molecular flexibility index (Phi) is 2.70. The molecule has 0 radical (unpaired) electrons. The van der Waals surface area contributed by atoms with E-state index < -0.39 is 12.8 Å². The minimum Gasteiger partial charge on any atom is -0.297 e. The van der Waals surface area contributed by atoms with Crippen LogP contribution in [0.3, 0.4) is 0 Å². The van der Waals surface area contributed by atoms with Gasteiger partial charge in [0.05, 0.1) is 0 Å². The number of dihydropyridines is 1. The zero-order chi connectivity index (χ0) is 8.27. The first-order valence-electron chi connectivity index (χ1n) is 3.31. The predicted octanol–water partition coefficient (Wildman–Crippen LogP) is 1.97. The quantitative estimate of drug-likeness (QED) is 0.606. The number of aliphatic imine (C=N–C) groups is 1. The molecule has 0 fully saturated rings. The van der Waals surface area contributed by atoms with E-state index in [1.165, 1.54) is 6.21 Å². The molecule has 62 valence electrons. The van der Waals surface area contributed by atoms with E-state index in [0.717, 1.165) is 5.57 Å². The third kappa shape index (κ3) is 2.76. The summed E-state index contributed by atoms with van der Waals surface area (Å²) in [6.07, 6.45) is 3.04. The monoisotopic (exact) mass is 161 g/mol. The number of halogens is 2. The van der Waals surface area contributed by atoms with Gasteiger partial charge >= 0.3 is 6.61 Å². The Balaban J connectivity index is 2.40. The summed E-state index contributed by atoms with van der Waals surface area (Å²) >= 11 is 0. The van der Waals surface area contributed by atoms with Gasteiger partial charge in [-0.05, 0) is 13.0 Å². The molecule has 0 aromatic rings. The summed E-state index contributed by atoms with van der Waals surface area (Å²) < 4.78 is 27.5. The van der Waals surface area contributed by atoms with E-state index in [1.54, 1.807) is 6.08 Å². The van der Waals surface area contributed by atoms with Crippen LogP contribution in [0.25, 0.3) is 0 Å². The zero-order valence-corrected chi connectivity index (χ0v) is 6.13. The molecule has 0 saturated heterocycles. The minimum absolute atomic E-state index is 0.459.